The van der Waals surface area contributed by atoms with Crippen LogP contribution in [0.5, 0.6) is 5.75 Å². The fourth-order valence-corrected chi connectivity index (χ4v) is 1.77. The number of rotatable bonds is 5. The van der Waals surface area contributed by atoms with Gasteiger partial charge in [-0.2, -0.15) is 0 Å². The highest BCUT2D eigenvalue weighted by molar-refractivity contribution is 5.69. The van der Waals surface area contributed by atoms with Gasteiger partial charge in [0.2, 0.25) is 0 Å². The molecule has 0 radical (unpaired) electrons. The van der Waals surface area contributed by atoms with E-state index in [0.29, 0.717) is 19.4 Å². The summed E-state index contributed by atoms with van der Waals surface area (Å²) in [5.74, 6) is 0.753. The van der Waals surface area contributed by atoms with Crippen molar-refractivity contribution in [3.63, 3.8) is 0 Å². The molecule has 0 aliphatic rings. The molecule has 1 aromatic carbocycles. The lowest BCUT2D eigenvalue weighted by Gasteiger charge is -2.13. The van der Waals surface area contributed by atoms with Crippen LogP contribution in [0.15, 0.2) is 12.1 Å². The second kappa shape index (κ2) is 6.28. The lowest BCUT2D eigenvalue weighted by atomic mass is 9.99. The Balaban J connectivity index is 2.81. The number of ether oxygens (including phenoxy) is 2. The minimum absolute atomic E-state index is 0.170. The molecule has 0 aliphatic carbocycles. The topological polar surface area (TPSA) is 35.5 Å². The van der Waals surface area contributed by atoms with Gasteiger partial charge in [0.1, 0.15) is 5.75 Å². The summed E-state index contributed by atoms with van der Waals surface area (Å²) >= 11 is 0. The predicted octanol–water partition coefficient (Wildman–Crippen LogP) is 2.81. The molecular weight excluding hydrogens is 216 g/mol. The second-order valence-electron chi connectivity index (χ2n) is 3.98. The first-order valence-corrected chi connectivity index (χ1v) is 5.88. The van der Waals surface area contributed by atoms with E-state index in [1.807, 2.05) is 26.0 Å². The first kappa shape index (κ1) is 13.6. The maximum Gasteiger partial charge on any atom is 0.305 e. The molecule has 1 rings (SSSR count). The Hall–Kier alpha value is -1.51. The number of methoxy groups -OCH3 is 1. The van der Waals surface area contributed by atoms with Crippen LogP contribution in [0.3, 0.4) is 0 Å². The Morgan fingerprint density at radius 1 is 1.24 bits per heavy atom. The summed E-state index contributed by atoms with van der Waals surface area (Å²) in [6, 6.07) is 3.99. The van der Waals surface area contributed by atoms with Gasteiger partial charge in [-0.3, -0.25) is 4.79 Å². The molecule has 0 amide bonds. The molecule has 1 aromatic rings. The molecule has 0 unspecified atom stereocenters. The van der Waals surface area contributed by atoms with E-state index in [4.69, 9.17) is 4.74 Å². The Morgan fingerprint density at radius 3 is 2.53 bits per heavy atom. The number of hydrogen-bond donors (Lipinski definition) is 0. The molecule has 0 aromatic heterocycles. The van der Waals surface area contributed by atoms with Gasteiger partial charge in [0.15, 0.2) is 0 Å². The largest absolute Gasteiger partial charge is 0.494 e. The van der Waals surface area contributed by atoms with Gasteiger partial charge < -0.3 is 9.47 Å². The van der Waals surface area contributed by atoms with Gasteiger partial charge in [-0.15, -0.1) is 0 Å². The number of carbonyl (C=O) groups is 1. The second-order valence-corrected chi connectivity index (χ2v) is 3.98. The Labute approximate surface area is 103 Å². The predicted molar refractivity (Wildman–Crippen MR) is 67.4 cm³/mol. The molecule has 0 atom stereocenters. The fraction of sp³-hybridized carbons (Fsp3) is 0.500. The molecule has 3 heteroatoms. The van der Waals surface area contributed by atoms with Crippen LogP contribution in [0.2, 0.25) is 0 Å². The quantitative estimate of drug-likeness (QED) is 0.737. The van der Waals surface area contributed by atoms with E-state index in [0.717, 1.165) is 11.3 Å². The monoisotopic (exact) mass is 236 g/mol. The summed E-state index contributed by atoms with van der Waals surface area (Å²) in [5, 5.41) is 0. The summed E-state index contributed by atoms with van der Waals surface area (Å²) in [4.78, 5) is 11.1. The molecule has 0 spiro atoms. The van der Waals surface area contributed by atoms with Crippen LogP contribution in [0.4, 0.5) is 0 Å². The van der Waals surface area contributed by atoms with Crippen LogP contribution < -0.4 is 4.74 Å². The summed E-state index contributed by atoms with van der Waals surface area (Å²) in [7, 11) is 1.42. The third-order valence-electron chi connectivity index (χ3n) is 2.98. The van der Waals surface area contributed by atoms with Gasteiger partial charge >= 0.3 is 5.97 Å². The normalized spacial score (nSPS) is 10.1. The van der Waals surface area contributed by atoms with Crippen molar-refractivity contribution in [1.82, 2.24) is 0 Å². The van der Waals surface area contributed by atoms with E-state index < -0.39 is 0 Å². The van der Waals surface area contributed by atoms with E-state index in [2.05, 4.69) is 11.7 Å². The molecule has 0 bridgehead atoms. The number of hydrogen-bond acceptors (Lipinski definition) is 3. The lowest BCUT2D eigenvalue weighted by Crippen LogP contribution is -2.04. The summed E-state index contributed by atoms with van der Waals surface area (Å²) in [5.41, 5.74) is 3.52. The van der Waals surface area contributed by atoms with Crippen molar-refractivity contribution in [2.45, 2.75) is 33.6 Å². The molecule has 0 N–H and O–H groups in total. The van der Waals surface area contributed by atoms with Crippen molar-refractivity contribution in [3.05, 3.63) is 28.8 Å². The van der Waals surface area contributed by atoms with E-state index in [-0.39, 0.29) is 5.97 Å². The van der Waals surface area contributed by atoms with Gasteiger partial charge in [0, 0.05) is 6.42 Å². The highest BCUT2D eigenvalue weighted by atomic mass is 16.5. The van der Waals surface area contributed by atoms with Crippen LogP contribution in [0, 0.1) is 13.8 Å². The van der Waals surface area contributed by atoms with E-state index in [9.17, 15) is 4.79 Å². The standard InChI is InChI=1S/C14H20O3/c1-5-17-13-8-6-12(10(2)11(13)3)7-9-14(15)16-4/h6,8H,5,7,9H2,1-4H3. The third kappa shape index (κ3) is 3.48. The summed E-state index contributed by atoms with van der Waals surface area (Å²) < 4.78 is 10.2. The molecule has 17 heavy (non-hydrogen) atoms. The highest BCUT2D eigenvalue weighted by Crippen LogP contribution is 2.25. The van der Waals surface area contributed by atoms with Crippen LogP contribution in [-0.4, -0.2) is 19.7 Å². The zero-order valence-electron chi connectivity index (χ0n) is 11.0. The van der Waals surface area contributed by atoms with Crippen molar-refractivity contribution in [2.24, 2.45) is 0 Å². The molecule has 0 saturated carbocycles. The molecule has 3 nitrogen and oxygen atoms in total. The Morgan fingerprint density at radius 2 is 1.94 bits per heavy atom. The zero-order valence-corrected chi connectivity index (χ0v) is 11.0. The van der Waals surface area contributed by atoms with Gasteiger partial charge in [-0.1, -0.05) is 6.07 Å². The summed E-state index contributed by atoms with van der Waals surface area (Å²) in [6.07, 6.45) is 1.14. The van der Waals surface area contributed by atoms with Crippen molar-refractivity contribution in [3.8, 4) is 5.75 Å². The fourth-order valence-electron chi connectivity index (χ4n) is 1.77. The highest BCUT2D eigenvalue weighted by Gasteiger charge is 2.09. The average Bonchev–Trinajstić information content (AvgIpc) is 2.34. The molecule has 94 valence electrons. The number of aryl methyl sites for hydroxylation is 1. The van der Waals surface area contributed by atoms with Crippen molar-refractivity contribution in [1.29, 1.82) is 0 Å². The van der Waals surface area contributed by atoms with Crippen LogP contribution in [0.1, 0.15) is 30.0 Å². The lowest BCUT2D eigenvalue weighted by molar-refractivity contribution is -0.140. The maximum absolute atomic E-state index is 11.1. The minimum Gasteiger partial charge on any atom is -0.494 e. The number of benzene rings is 1. The molecule has 0 fully saturated rings. The van der Waals surface area contributed by atoms with Crippen LogP contribution in [0.25, 0.3) is 0 Å². The first-order valence-electron chi connectivity index (χ1n) is 5.88. The van der Waals surface area contributed by atoms with E-state index in [1.165, 1.54) is 18.2 Å². The molecule has 0 aliphatic heterocycles. The first-order chi connectivity index (χ1) is 8.10. The van der Waals surface area contributed by atoms with Gasteiger partial charge in [0.05, 0.1) is 13.7 Å². The number of carbonyl (C=O) groups excluding carboxylic acids is 1. The zero-order chi connectivity index (χ0) is 12.8. The molecule has 0 saturated heterocycles. The van der Waals surface area contributed by atoms with Crippen molar-refractivity contribution in [2.75, 3.05) is 13.7 Å². The van der Waals surface area contributed by atoms with Gasteiger partial charge in [-0.25, -0.2) is 0 Å². The Bertz CT molecular complexity index is 397. The SMILES string of the molecule is CCOc1ccc(CCC(=O)OC)c(C)c1C. The Kier molecular flexibility index (Phi) is 5.01. The summed E-state index contributed by atoms with van der Waals surface area (Å²) in [6.45, 7) is 6.74. The van der Waals surface area contributed by atoms with Gasteiger partial charge in [0.25, 0.3) is 0 Å². The van der Waals surface area contributed by atoms with Crippen molar-refractivity contribution >= 4 is 5.97 Å². The third-order valence-corrected chi connectivity index (χ3v) is 2.98. The molecule has 0 heterocycles. The van der Waals surface area contributed by atoms with Crippen LogP contribution >= 0.6 is 0 Å². The molecular formula is C14H20O3. The minimum atomic E-state index is -0.170. The van der Waals surface area contributed by atoms with Crippen molar-refractivity contribution < 1.29 is 14.3 Å². The number of esters is 1. The van der Waals surface area contributed by atoms with E-state index in [1.54, 1.807) is 0 Å². The average molecular weight is 236 g/mol. The maximum atomic E-state index is 11.1. The van der Waals surface area contributed by atoms with Gasteiger partial charge in [-0.05, 0) is 49.9 Å². The van der Waals surface area contributed by atoms with Crippen LogP contribution in [-0.2, 0) is 16.0 Å². The smallest absolute Gasteiger partial charge is 0.305 e. The van der Waals surface area contributed by atoms with E-state index >= 15 is 0 Å².